The summed E-state index contributed by atoms with van der Waals surface area (Å²) in [5.41, 5.74) is 0.856. The van der Waals surface area contributed by atoms with Gasteiger partial charge in [0.1, 0.15) is 5.75 Å². The van der Waals surface area contributed by atoms with Crippen LogP contribution >= 0.6 is 11.6 Å². The maximum atomic E-state index is 6.08. The SMILES string of the molecule is COc1ccc(-n2ncc(OC)c2Cl)cc1. The standard InChI is InChI=1S/C11H11ClN2O2/c1-15-9-5-3-8(4-6-9)14-11(12)10(16-2)7-13-14/h3-7H,1-2H3. The third-order valence-corrected chi connectivity index (χ3v) is 2.56. The zero-order valence-electron chi connectivity index (χ0n) is 8.98. The molecule has 0 radical (unpaired) electrons. The molecule has 2 aromatic rings. The van der Waals surface area contributed by atoms with Crippen molar-refractivity contribution in [2.75, 3.05) is 14.2 Å². The van der Waals surface area contributed by atoms with E-state index in [9.17, 15) is 0 Å². The van der Waals surface area contributed by atoms with Crippen molar-refractivity contribution in [3.05, 3.63) is 35.6 Å². The quantitative estimate of drug-likeness (QED) is 0.825. The fraction of sp³-hybridized carbons (Fsp3) is 0.182. The van der Waals surface area contributed by atoms with Gasteiger partial charge < -0.3 is 9.47 Å². The number of aromatic nitrogens is 2. The van der Waals surface area contributed by atoms with E-state index < -0.39 is 0 Å². The minimum absolute atomic E-state index is 0.452. The Morgan fingerprint density at radius 2 is 1.81 bits per heavy atom. The molecule has 0 spiro atoms. The molecule has 16 heavy (non-hydrogen) atoms. The summed E-state index contributed by atoms with van der Waals surface area (Å²) in [7, 11) is 3.18. The molecule has 2 rings (SSSR count). The maximum absolute atomic E-state index is 6.08. The van der Waals surface area contributed by atoms with Gasteiger partial charge in [0.15, 0.2) is 10.9 Å². The Bertz CT molecular complexity index is 479. The Morgan fingerprint density at radius 3 is 2.31 bits per heavy atom. The number of hydrogen-bond acceptors (Lipinski definition) is 3. The molecule has 1 aromatic heterocycles. The van der Waals surface area contributed by atoms with Crippen LogP contribution in [0.2, 0.25) is 5.15 Å². The van der Waals surface area contributed by atoms with E-state index in [0.29, 0.717) is 10.9 Å². The first-order valence-corrected chi connectivity index (χ1v) is 5.06. The molecule has 0 amide bonds. The molecule has 84 valence electrons. The predicted octanol–water partition coefficient (Wildman–Crippen LogP) is 2.54. The van der Waals surface area contributed by atoms with Gasteiger partial charge in [-0.1, -0.05) is 11.6 Å². The molecule has 0 saturated heterocycles. The molecule has 0 atom stereocenters. The van der Waals surface area contributed by atoms with Crippen molar-refractivity contribution in [1.82, 2.24) is 9.78 Å². The highest BCUT2D eigenvalue weighted by molar-refractivity contribution is 6.31. The van der Waals surface area contributed by atoms with Crippen molar-refractivity contribution in [2.24, 2.45) is 0 Å². The summed E-state index contributed by atoms with van der Waals surface area (Å²) in [6.45, 7) is 0. The molecule has 0 aliphatic carbocycles. The molecule has 0 aliphatic rings. The number of hydrogen-bond donors (Lipinski definition) is 0. The second kappa shape index (κ2) is 4.45. The van der Waals surface area contributed by atoms with Crippen LogP contribution in [0.4, 0.5) is 0 Å². The number of benzene rings is 1. The van der Waals surface area contributed by atoms with Gasteiger partial charge in [-0.15, -0.1) is 0 Å². The van der Waals surface area contributed by atoms with Crippen LogP contribution in [0.15, 0.2) is 30.5 Å². The smallest absolute Gasteiger partial charge is 0.176 e. The van der Waals surface area contributed by atoms with Crippen molar-refractivity contribution in [3.8, 4) is 17.2 Å². The largest absolute Gasteiger partial charge is 0.497 e. The average molecular weight is 239 g/mol. The summed E-state index contributed by atoms with van der Waals surface area (Å²) in [4.78, 5) is 0. The van der Waals surface area contributed by atoms with Crippen molar-refractivity contribution < 1.29 is 9.47 Å². The first kappa shape index (κ1) is 10.8. The third-order valence-electron chi connectivity index (χ3n) is 2.22. The lowest BCUT2D eigenvalue weighted by Crippen LogP contribution is -1.96. The molecule has 0 saturated carbocycles. The van der Waals surface area contributed by atoms with Crippen molar-refractivity contribution in [3.63, 3.8) is 0 Å². The highest BCUT2D eigenvalue weighted by atomic mass is 35.5. The molecule has 0 fully saturated rings. The van der Waals surface area contributed by atoms with Gasteiger partial charge in [-0.05, 0) is 24.3 Å². The molecule has 0 N–H and O–H groups in total. The normalized spacial score (nSPS) is 10.2. The van der Waals surface area contributed by atoms with Gasteiger partial charge in [-0.3, -0.25) is 0 Å². The van der Waals surface area contributed by atoms with Gasteiger partial charge in [-0.25, -0.2) is 4.68 Å². The fourth-order valence-corrected chi connectivity index (χ4v) is 1.63. The summed E-state index contributed by atoms with van der Waals surface area (Å²) in [6.07, 6.45) is 1.58. The van der Waals surface area contributed by atoms with Gasteiger partial charge >= 0.3 is 0 Å². The second-order valence-electron chi connectivity index (χ2n) is 3.11. The topological polar surface area (TPSA) is 36.3 Å². The molecule has 1 aromatic carbocycles. The van der Waals surface area contributed by atoms with E-state index in [1.165, 1.54) is 0 Å². The van der Waals surface area contributed by atoms with Crippen LogP contribution in [-0.2, 0) is 0 Å². The number of methoxy groups -OCH3 is 2. The van der Waals surface area contributed by atoms with Gasteiger partial charge in [0.25, 0.3) is 0 Å². The van der Waals surface area contributed by atoms with Gasteiger partial charge in [0, 0.05) is 0 Å². The summed E-state index contributed by atoms with van der Waals surface area (Å²) in [5.74, 6) is 1.34. The fourth-order valence-electron chi connectivity index (χ4n) is 1.36. The number of ether oxygens (including phenoxy) is 2. The maximum Gasteiger partial charge on any atom is 0.176 e. The number of rotatable bonds is 3. The van der Waals surface area contributed by atoms with Gasteiger partial charge in [0.2, 0.25) is 0 Å². The summed E-state index contributed by atoms with van der Waals surface area (Å²) < 4.78 is 11.7. The van der Waals surface area contributed by atoms with Crippen molar-refractivity contribution in [2.45, 2.75) is 0 Å². The molecular weight excluding hydrogens is 228 g/mol. The lowest BCUT2D eigenvalue weighted by Gasteiger charge is -2.04. The minimum Gasteiger partial charge on any atom is -0.497 e. The Labute approximate surface area is 98.4 Å². The predicted molar refractivity (Wildman–Crippen MR) is 61.7 cm³/mol. The van der Waals surface area contributed by atoms with E-state index in [0.717, 1.165) is 11.4 Å². The summed E-state index contributed by atoms with van der Waals surface area (Å²) in [6, 6.07) is 7.44. The Balaban J connectivity index is 2.38. The number of halogens is 1. The monoisotopic (exact) mass is 238 g/mol. The zero-order chi connectivity index (χ0) is 11.5. The van der Waals surface area contributed by atoms with Crippen LogP contribution in [0.25, 0.3) is 5.69 Å². The number of nitrogens with zero attached hydrogens (tertiary/aromatic N) is 2. The molecule has 4 nitrogen and oxygen atoms in total. The van der Waals surface area contributed by atoms with E-state index in [-0.39, 0.29) is 0 Å². The molecule has 0 aliphatic heterocycles. The highest BCUT2D eigenvalue weighted by Gasteiger charge is 2.09. The lowest BCUT2D eigenvalue weighted by molar-refractivity contribution is 0.414. The lowest BCUT2D eigenvalue weighted by atomic mass is 10.3. The van der Waals surface area contributed by atoms with Crippen LogP contribution in [0.1, 0.15) is 0 Å². The Kier molecular flexibility index (Phi) is 3.01. The van der Waals surface area contributed by atoms with Gasteiger partial charge in [0.05, 0.1) is 26.1 Å². The van der Waals surface area contributed by atoms with E-state index in [1.54, 1.807) is 25.1 Å². The highest BCUT2D eigenvalue weighted by Crippen LogP contribution is 2.26. The molecule has 0 bridgehead atoms. The van der Waals surface area contributed by atoms with Gasteiger partial charge in [-0.2, -0.15) is 5.10 Å². The van der Waals surface area contributed by atoms with Crippen molar-refractivity contribution >= 4 is 11.6 Å². The Hall–Kier alpha value is -1.68. The van der Waals surface area contributed by atoms with Crippen LogP contribution < -0.4 is 9.47 Å². The minimum atomic E-state index is 0.452. The molecule has 5 heteroatoms. The Morgan fingerprint density at radius 1 is 1.12 bits per heavy atom. The molecular formula is C11H11ClN2O2. The summed E-state index contributed by atoms with van der Waals surface area (Å²) in [5, 5.41) is 4.58. The zero-order valence-corrected chi connectivity index (χ0v) is 9.73. The van der Waals surface area contributed by atoms with E-state index in [2.05, 4.69) is 5.10 Å². The van der Waals surface area contributed by atoms with Crippen LogP contribution in [0.3, 0.4) is 0 Å². The van der Waals surface area contributed by atoms with E-state index in [1.807, 2.05) is 24.3 Å². The third kappa shape index (κ3) is 1.84. The average Bonchev–Trinajstić information content (AvgIpc) is 2.70. The first-order chi connectivity index (χ1) is 7.76. The molecule has 1 heterocycles. The van der Waals surface area contributed by atoms with Crippen molar-refractivity contribution in [1.29, 1.82) is 0 Å². The van der Waals surface area contributed by atoms with E-state index in [4.69, 9.17) is 21.1 Å². The van der Waals surface area contributed by atoms with Crippen LogP contribution in [-0.4, -0.2) is 24.0 Å². The first-order valence-electron chi connectivity index (χ1n) is 4.68. The summed E-state index contributed by atoms with van der Waals surface area (Å²) >= 11 is 6.08. The molecule has 0 unspecified atom stereocenters. The van der Waals surface area contributed by atoms with Crippen LogP contribution in [0.5, 0.6) is 11.5 Å². The van der Waals surface area contributed by atoms with E-state index >= 15 is 0 Å². The second-order valence-corrected chi connectivity index (χ2v) is 3.47. The van der Waals surface area contributed by atoms with Crippen LogP contribution in [0, 0.1) is 0 Å².